The second-order valence-electron chi connectivity index (χ2n) is 31.9. The third-order valence-electron chi connectivity index (χ3n) is 24.7. The van der Waals surface area contributed by atoms with E-state index in [1.54, 1.807) is 0 Å². The van der Waals surface area contributed by atoms with E-state index >= 15 is 0 Å². The van der Waals surface area contributed by atoms with Crippen molar-refractivity contribution in [3.05, 3.63) is 372 Å². The monoisotopic (exact) mass is 1550 g/mol. The van der Waals surface area contributed by atoms with Gasteiger partial charge >= 0.3 is 0 Å². The normalized spacial score (nSPS) is 14.6. The third-order valence-corrected chi connectivity index (χ3v) is 24.7. The van der Waals surface area contributed by atoms with Gasteiger partial charge in [0.05, 0.1) is 57.6 Å². The summed E-state index contributed by atoms with van der Waals surface area (Å²) in [6, 6.07) is 112. The molecule has 3 atom stereocenters. The topological polar surface area (TPSA) is 45.1 Å². The van der Waals surface area contributed by atoms with E-state index in [1.165, 1.54) is 183 Å². The molecule has 0 aliphatic carbocycles. The molecule has 0 amide bonds. The highest BCUT2D eigenvalue weighted by atomic mass is 15.4. The number of aryl methyl sites for hydroxylation is 11. The minimum Gasteiger partial charge on any atom is -0.353 e. The molecule has 3 aliphatic heterocycles. The van der Waals surface area contributed by atoms with Gasteiger partial charge in [0.25, 0.3) is 0 Å². The van der Waals surface area contributed by atoms with E-state index in [1.807, 2.05) is 0 Å². The van der Waals surface area contributed by atoms with Gasteiger partial charge in [-0.3, -0.25) is 0 Å². The highest BCUT2D eigenvalue weighted by Crippen LogP contribution is 2.49. The van der Waals surface area contributed by atoms with Gasteiger partial charge in [0.1, 0.15) is 40.6 Å². The van der Waals surface area contributed by atoms with Crippen molar-refractivity contribution in [1.29, 1.82) is 0 Å². The van der Waals surface area contributed by atoms with Gasteiger partial charge in [0.15, 0.2) is 26.5 Å². The third kappa shape index (κ3) is 13.4. The number of benzene rings is 13. The molecule has 0 saturated heterocycles. The highest BCUT2D eigenvalue weighted by molar-refractivity contribution is 6.15. The lowest BCUT2D eigenvalue weighted by atomic mass is 10.0. The average molecular weight is 1550 g/mol. The molecule has 0 bridgehead atoms. The first-order chi connectivity index (χ1) is 57.3. The zero-order valence-electron chi connectivity index (χ0n) is 70.8. The van der Waals surface area contributed by atoms with E-state index in [0.717, 1.165) is 0 Å². The zero-order chi connectivity index (χ0) is 81.9. The highest BCUT2D eigenvalue weighted by Gasteiger charge is 2.37. The number of fused-ring (bicyclic) bond motifs is 21. The summed E-state index contributed by atoms with van der Waals surface area (Å²) in [7, 11) is 10.6. The molecule has 12 heteroatoms. The molecule has 0 radical (unpaired) electrons. The Balaban J connectivity index is 0.000000102. The quantitative estimate of drug-likeness (QED) is 0.129. The van der Waals surface area contributed by atoms with Crippen LogP contribution in [0.3, 0.4) is 0 Å². The number of nitrogens with zero attached hydrogens (tertiary/aromatic N) is 12. The van der Waals surface area contributed by atoms with Crippen molar-refractivity contribution in [1.82, 2.24) is 13.7 Å². The van der Waals surface area contributed by atoms with Gasteiger partial charge in [0, 0.05) is 87.0 Å². The molecule has 13 aromatic carbocycles. The molecule has 6 aromatic heterocycles. The fraction of sp³-hybridized carbons (Fsp3) is 0.179. The first-order valence-electron chi connectivity index (χ1n) is 41.3. The Kier molecular flexibility index (Phi) is 20.7. The molecule has 586 valence electrons. The van der Waals surface area contributed by atoms with Crippen LogP contribution in [0.4, 0.5) is 56.9 Å². The first kappa shape index (κ1) is 76.9. The summed E-state index contributed by atoms with van der Waals surface area (Å²) < 4.78 is 13.5. The molecule has 3 aliphatic rings. The number of aromatic nitrogens is 6. The summed E-state index contributed by atoms with van der Waals surface area (Å²) in [5, 5.41) is 11.9. The Morgan fingerprint density at radius 1 is 0.263 bits per heavy atom. The Hall–Kier alpha value is -13.7. The van der Waals surface area contributed by atoms with Gasteiger partial charge in [-0.25, -0.2) is 0 Å². The molecule has 9 heterocycles. The maximum Gasteiger partial charge on any atom is 0.247 e. The summed E-state index contributed by atoms with van der Waals surface area (Å²) in [5.41, 5.74) is 31.0. The van der Waals surface area contributed by atoms with Crippen LogP contribution in [0.25, 0.3) is 81.6 Å². The number of hydrogen-bond donors (Lipinski definition) is 0. The summed E-state index contributed by atoms with van der Waals surface area (Å²) >= 11 is 0. The molecule has 19 aromatic rings. The van der Waals surface area contributed by atoms with Crippen LogP contribution in [0.15, 0.2) is 328 Å². The van der Waals surface area contributed by atoms with E-state index in [-0.39, 0.29) is 6.17 Å². The lowest BCUT2D eigenvalue weighted by Crippen LogP contribution is -2.35. The maximum atomic E-state index is 2.43. The largest absolute Gasteiger partial charge is 0.353 e. The molecule has 0 N–H and O–H groups in total. The number of anilines is 10. The molecule has 0 saturated carbocycles. The fourth-order valence-electron chi connectivity index (χ4n) is 18.6. The smallest absolute Gasteiger partial charge is 0.247 e. The summed E-state index contributed by atoms with van der Waals surface area (Å²) in [6.45, 7) is 24.2. The fourth-order valence-corrected chi connectivity index (χ4v) is 18.6. The Morgan fingerprint density at radius 2 is 0.602 bits per heavy atom. The van der Waals surface area contributed by atoms with Gasteiger partial charge in [-0.05, 0) is 194 Å². The Morgan fingerprint density at radius 3 is 1.09 bits per heavy atom. The number of para-hydroxylation sites is 13. The average Bonchev–Trinajstić information content (AvgIpc) is 1.38. The molecular weight excluding hydrogens is 1440 g/mol. The zero-order valence-corrected chi connectivity index (χ0v) is 70.8. The van der Waals surface area contributed by atoms with Crippen molar-refractivity contribution in [3.63, 3.8) is 0 Å². The van der Waals surface area contributed by atoms with Crippen LogP contribution in [-0.2, 0) is 21.1 Å². The van der Waals surface area contributed by atoms with Crippen LogP contribution in [0.5, 0.6) is 0 Å². The molecule has 118 heavy (non-hydrogen) atoms. The van der Waals surface area contributed by atoms with Crippen molar-refractivity contribution in [2.75, 3.05) is 43.5 Å². The van der Waals surface area contributed by atoms with Gasteiger partial charge < -0.3 is 29.4 Å². The SMILES string of the molecule is Cc1cccc2c3ccccc3c3c(C)c[n+](C)n3c12.Cc1cccc2c3ccccc3c3cc(C)n(C)[n+]3c12.Cc1cccc2c3ccccc3c3cc[n+](C)n3c12.Cc1ccccc1N1c2ccccc2N(C)[C@H]1C.Cc1ccccc1N1c2ccccc2N(C)[C@H]1C.Cc1ccccc1N1c2ccccc2N(c2ccccc2)[C@H]1C. The van der Waals surface area contributed by atoms with Crippen LogP contribution in [0.2, 0.25) is 0 Å². The number of pyridine rings is 3. The lowest BCUT2D eigenvalue weighted by Gasteiger charge is -2.31. The van der Waals surface area contributed by atoms with Gasteiger partial charge in [-0.15, -0.1) is 18.4 Å². The number of rotatable bonds is 4. The predicted molar refractivity (Wildman–Crippen MR) is 497 cm³/mol. The van der Waals surface area contributed by atoms with Crippen LogP contribution in [-0.4, -0.2) is 46.3 Å². The standard InChI is InChI=1S/C21H20N2.2C18H17N2.C17H15N2.2C16H18N2/c1-16-10-6-7-13-19(16)23-17(2)22(18-11-4-3-5-12-18)20-14-8-9-15-21(20)23;1-12-7-6-10-16-14-8-4-5-9-15(14)18-13(2)11-19(3)20(18)17(12)16;1-12-7-6-10-16-14-8-4-5-9-15(14)17-11-13(2)19(3)20(17)18(12)16;1-12-6-5-9-15-13-7-3-4-8-14(13)16-10-11-18(2)19(16)17(12)15;2*1-12-8-4-5-9-14(12)18-13(2)17(3)15-10-6-7-11-16(15)18/h3-15,17H,1-2H3;2*4-11H,1-3H3;3-11H,1-2H3;2*4-11,13H,1-3H3/q;3*+1;;/t17-;;;;2*13-/m1...11/s1. The van der Waals surface area contributed by atoms with Crippen molar-refractivity contribution >= 4 is 138 Å². The molecule has 12 nitrogen and oxygen atoms in total. The minimum atomic E-state index is 0.232. The second kappa shape index (κ2) is 31.8. The van der Waals surface area contributed by atoms with E-state index in [4.69, 9.17) is 0 Å². The maximum absolute atomic E-state index is 2.43. The first-order valence-corrected chi connectivity index (χ1v) is 41.3. The van der Waals surface area contributed by atoms with Crippen LogP contribution >= 0.6 is 0 Å². The molecule has 0 unspecified atom stereocenters. The Labute approximate surface area is 693 Å². The Bertz CT molecular complexity index is 6860. The van der Waals surface area contributed by atoms with Crippen molar-refractivity contribution in [2.24, 2.45) is 21.1 Å². The van der Waals surface area contributed by atoms with Crippen LogP contribution in [0.1, 0.15) is 65.4 Å². The molecule has 0 fully saturated rings. The van der Waals surface area contributed by atoms with E-state index in [2.05, 4.69) is 496 Å². The van der Waals surface area contributed by atoms with Crippen molar-refractivity contribution in [3.8, 4) is 0 Å². The van der Waals surface area contributed by atoms with Gasteiger partial charge in [-0.2, -0.15) is 4.68 Å². The van der Waals surface area contributed by atoms with Gasteiger partial charge in [-0.1, -0.05) is 229 Å². The van der Waals surface area contributed by atoms with Crippen molar-refractivity contribution < 1.29 is 13.9 Å². The lowest BCUT2D eigenvalue weighted by molar-refractivity contribution is -0.735. The summed E-state index contributed by atoms with van der Waals surface area (Å²) in [6.07, 6.45) is 5.25. The minimum absolute atomic E-state index is 0.232. The summed E-state index contributed by atoms with van der Waals surface area (Å²) in [4.78, 5) is 14.3. The number of hydrogen-bond acceptors (Lipinski definition) is 6. The molecular formula is C106H105N12+3. The second-order valence-corrected chi connectivity index (χ2v) is 31.9. The molecule has 22 rings (SSSR count). The van der Waals surface area contributed by atoms with Gasteiger partial charge in [0.2, 0.25) is 11.0 Å². The van der Waals surface area contributed by atoms with Crippen LogP contribution < -0.4 is 43.3 Å². The van der Waals surface area contributed by atoms with Crippen LogP contribution in [0, 0.1) is 55.4 Å². The predicted octanol–water partition coefficient (Wildman–Crippen LogP) is 24.2. The van der Waals surface area contributed by atoms with Crippen molar-refractivity contribution in [2.45, 2.75) is 94.7 Å². The van der Waals surface area contributed by atoms with E-state index in [0.29, 0.717) is 12.3 Å². The summed E-state index contributed by atoms with van der Waals surface area (Å²) in [5.74, 6) is 0. The van der Waals surface area contributed by atoms with E-state index in [9.17, 15) is 0 Å². The molecule has 0 spiro atoms. The van der Waals surface area contributed by atoms with E-state index < -0.39 is 0 Å².